The molecule has 0 saturated heterocycles. The molecule has 0 bridgehead atoms. The van der Waals surface area contributed by atoms with Gasteiger partial charge in [0, 0.05) is 0 Å². The maximum Gasteiger partial charge on any atom is 0.233 e. The lowest BCUT2D eigenvalue weighted by Gasteiger charge is -2.20. The minimum Gasteiger partial charge on any atom is -0.474 e. The van der Waals surface area contributed by atoms with Gasteiger partial charge in [0.2, 0.25) is 11.8 Å². The number of carbonyl (C=O) groups excluding carboxylic acids is 1. The summed E-state index contributed by atoms with van der Waals surface area (Å²) in [4.78, 5) is 21.5. The smallest absolute Gasteiger partial charge is 0.233 e. The number of aliphatic hydroxyl groups is 1. The summed E-state index contributed by atoms with van der Waals surface area (Å²) in [6.45, 7) is -0.120. The molecule has 2 aromatic rings. The van der Waals surface area contributed by atoms with Crippen molar-refractivity contribution in [3.8, 4) is 5.88 Å². The van der Waals surface area contributed by atoms with E-state index in [1.165, 1.54) is 24.5 Å². The van der Waals surface area contributed by atoms with E-state index in [1.54, 1.807) is 12.1 Å². The number of anilines is 1. The first kappa shape index (κ1) is 24.5. The van der Waals surface area contributed by atoms with Gasteiger partial charge in [-0.05, 0) is 55.7 Å². The fourth-order valence-corrected chi connectivity index (χ4v) is 5.89. The van der Waals surface area contributed by atoms with Crippen LogP contribution in [-0.4, -0.2) is 60.2 Å². The van der Waals surface area contributed by atoms with E-state index in [4.69, 9.17) is 9.84 Å². The van der Waals surface area contributed by atoms with E-state index in [-0.39, 0.29) is 60.2 Å². The lowest BCUT2D eigenvalue weighted by atomic mass is 9.87. The van der Waals surface area contributed by atoms with Crippen LogP contribution in [0.2, 0.25) is 0 Å². The van der Waals surface area contributed by atoms with Crippen molar-refractivity contribution in [2.75, 3.05) is 18.5 Å². The number of hydrogen-bond donors (Lipinski definition) is 2. The molecule has 0 radical (unpaired) electrons. The second-order valence-electron chi connectivity index (χ2n) is 8.77. The maximum absolute atomic E-state index is 13.8. The highest BCUT2D eigenvalue weighted by Gasteiger charge is 2.38. The Morgan fingerprint density at radius 1 is 1.12 bits per heavy atom. The summed E-state index contributed by atoms with van der Waals surface area (Å²) in [6, 6.07) is 6.15. The Hall–Kier alpha value is -2.66. The first-order valence-corrected chi connectivity index (χ1v) is 12.8. The minimum atomic E-state index is -3.37. The van der Waals surface area contributed by atoms with Crippen LogP contribution in [0.5, 0.6) is 5.88 Å². The summed E-state index contributed by atoms with van der Waals surface area (Å²) in [5.74, 6) is -1.17. The number of nitrogens with one attached hydrogen (secondary N) is 1. The lowest BCUT2D eigenvalue weighted by molar-refractivity contribution is -0.118. The van der Waals surface area contributed by atoms with Gasteiger partial charge >= 0.3 is 0 Å². The molecule has 4 rings (SSSR count). The molecular weight excluding hydrogens is 468 g/mol. The van der Waals surface area contributed by atoms with E-state index < -0.39 is 34.0 Å². The molecule has 184 valence electrons. The predicted octanol–water partition coefficient (Wildman–Crippen LogP) is 2.98. The number of nitrogens with zero attached hydrogens (tertiary/aromatic N) is 2. The Morgan fingerprint density at radius 2 is 1.79 bits per heavy atom. The molecule has 2 N–H and O–H groups in total. The van der Waals surface area contributed by atoms with Crippen LogP contribution >= 0.6 is 0 Å². The monoisotopic (exact) mass is 495 g/mol. The number of aliphatic hydroxyl groups excluding tert-OH is 1. The number of benzene rings is 1. The third-order valence-electron chi connectivity index (χ3n) is 6.19. The Kier molecular flexibility index (Phi) is 7.42. The second-order valence-corrected chi connectivity index (χ2v) is 11.0. The molecule has 2 saturated carbocycles. The second kappa shape index (κ2) is 10.3. The molecule has 34 heavy (non-hydrogen) atoms. The summed E-state index contributed by atoms with van der Waals surface area (Å²) in [5.41, 5.74) is 0.556. The van der Waals surface area contributed by atoms with Crippen LogP contribution in [0.4, 0.5) is 14.6 Å². The molecule has 4 atom stereocenters. The van der Waals surface area contributed by atoms with Crippen LogP contribution in [0.25, 0.3) is 0 Å². The molecule has 2 aliphatic carbocycles. The van der Waals surface area contributed by atoms with Gasteiger partial charge in [-0.15, -0.1) is 0 Å². The lowest BCUT2D eigenvalue weighted by Crippen LogP contribution is -2.24. The fraction of sp³-hybridized carbons (Fsp3) is 0.522. The number of aromatic nitrogens is 2. The Labute approximate surface area is 196 Å². The maximum atomic E-state index is 13.8. The molecule has 1 amide bonds. The highest BCUT2D eigenvalue weighted by molar-refractivity contribution is 7.92. The molecule has 11 heteroatoms. The van der Waals surface area contributed by atoms with Crippen molar-refractivity contribution in [3.05, 3.63) is 42.2 Å². The van der Waals surface area contributed by atoms with Crippen LogP contribution in [0.3, 0.4) is 0 Å². The third-order valence-corrected chi connectivity index (χ3v) is 8.47. The van der Waals surface area contributed by atoms with E-state index >= 15 is 0 Å². The van der Waals surface area contributed by atoms with Crippen molar-refractivity contribution in [1.82, 2.24) is 9.97 Å². The fourth-order valence-electron chi connectivity index (χ4n) is 4.23. The first-order chi connectivity index (χ1) is 16.3. The van der Waals surface area contributed by atoms with Crippen LogP contribution in [0, 0.1) is 5.92 Å². The molecule has 2 aliphatic rings. The molecule has 8 nitrogen and oxygen atoms in total. The van der Waals surface area contributed by atoms with Crippen molar-refractivity contribution in [1.29, 1.82) is 0 Å². The zero-order valence-corrected chi connectivity index (χ0v) is 19.3. The van der Waals surface area contributed by atoms with Gasteiger partial charge in [-0.1, -0.05) is 12.1 Å². The summed E-state index contributed by atoms with van der Waals surface area (Å²) in [7, 11) is -3.37. The van der Waals surface area contributed by atoms with Gasteiger partial charge in [0.1, 0.15) is 19.0 Å². The normalized spacial score (nSPS) is 23.4. The number of carbonyl (C=O) groups is 1. The number of rotatable bonds is 10. The van der Waals surface area contributed by atoms with Gasteiger partial charge in [0.15, 0.2) is 15.7 Å². The van der Waals surface area contributed by atoms with E-state index in [0.29, 0.717) is 18.4 Å². The van der Waals surface area contributed by atoms with Crippen molar-refractivity contribution in [2.24, 2.45) is 5.92 Å². The Balaban J connectivity index is 1.52. The van der Waals surface area contributed by atoms with Crippen LogP contribution in [0.1, 0.15) is 43.6 Å². The van der Waals surface area contributed by atoms with Gasteiger partial charge in [-0.2, -0.15) is 0 Å². The minimum absolute atomic E-state index is 0.0375. The van der Waals surface area contributed by atoms with Crippen LogP contribution in [-0.2, 0) is 14.6 Å². The van der Waals surface area contributed by atoms with Crippen molar-refractivity contribution in [3.63, 3.8) is 0 Å². The molecular formula is C23H27F2N3O5S. The quantitative estimate of drug-likeness (QED) is 0.520. The standard InChI is InChI=1S/C23H27F2N3O5S/c24-19-10-14(11-20(19)25)9-18(15-1-3-16(4-2-15)34(31,32)17-5-6-17)23(30)28-21-12-27-22(13-26-21)33-8-7-29/h1-4,12-14,17-20,29H,5-11H2,(H,26,28,30)/t14?,18-,19-,20+/m1/s1. The van der Waals surface area contributed by atoms with Gasteiger partial charge in [0.25, 0.3) is 0 Å². The van der Waals surface area contributed by atoms with Gasteiger partial charge in [-0.25, -0.2) is 27.2 Å². The van der Waals surface area contributed by atoms with E-state index in [2.05, 4.69) is 15.3 Å². The van der Waals surface area contributed by atoms with Gasteiger partial charge in [-0.3, -0.25) is 4.79 Å². The first-order valence-electron chi connectivity index (χ1n) is 11.3. The molecule has 1 aromatic heterocycles. The number of ether oxygens (including phenoxy) is 1. The number of sulfone groups is 1. The van der Waals surface area contributed by atoms with Crippen LogP contribution < -0.4 is 10.1 Å². The molecule has 1 unspecified atom stereocenters. The summed E-state index contributed by atoms with van der Waals surface area (Å²) in [6.07, 6.45) is 1.10. The van der Waals surface area contributed by atoms with E-state index in [9.17, 15) is 22.0 Å². The highest BCUT2D eigenvalue weighted by Crippen LogP contribution is 2.39. The SMILES string of the molecule is O=C(Nc1cnc(OCCO)cn1)[C@H](CC1C[C@@H](F)[C@@H](F)C1)c1ccc(S(=O)(=O)C2CC2)cc1. The van der Waals surface area contributed by atoms with Crippen LogP contribution in [0.15, 0.2) is 41.6 Å². The predicted molar refractivity (Wildman–Crippen MR) is 120 cm³/mol. The zero-order valence-electron chi connectivity index (χ0n) is 18.4. The summed E-state index contributed by atoms with van der Waals surface area (Å²) < 4.78 is 57.7. The van der Waals surface area contributed by atoms with E-state index in [1.807, 2.05) is 0 Å². The molecule has 1 aromatic carbocycles. The summed E-state index contributed by atoms with van der Waals surface area (Å²) in [5, 5.41) is 11.1. The highest BCUT2D eigenvalue weighted by atomic mass is 32.2. The summed E-state index contributed by atoms with van der Waals surface area (Å²) >= 11 is 0. The molecule has 2 fully saturated rings. The molecule has 0 aliphatic heterocycles. The largest absolute Gasteiger partial charge is 0.474 e. The van der Waals surface area contributed by atoms with Crippen molar-refractivity contribution in [2.45, 2.75) is 60.5 Å². The number of hydrogen-bond acceptors (Lipinski definition) is 7. The Morgan fingerprint density at radius 3 is 2.35 bits per heavy atom. The van der Waals surface area contributed by atoms with E-state index in [0.717, 1.165) is 0 Å². The van der Waals surface area contributed by atoms with Gasteiger partial charge < -0.3 is 15.2 Å². The average molecular weight is 496 g/mol. The number of halogens is 2. The zero-order chi connectivity index (χ0) is 24.3. The Bertz CT molecular complexity index is 1080. The molecule has 0 spiro atoms. The number of amides is 1. The average Bonchev–Trinajstić information content (AvgIpc) is 3.63. The number of alkyl halides is 2. The molecule has 1 heterocycles. The topological polar surface area (TPSA) is 118 Å². The third kappa shape index (κ3) is 5.69. The van der Waals surface area contributed by atoms with Gasteiger partial charge in [0.05, 0.1) is 35.1 Å². The van der Waals surface area contributed by atoms with Crippen molar-refractivity contribution >= 4 is 21.6 Å². The van der Waals surface area contributed by atoms with Crippen molar-refractivity contribution < 1.29 is 31.8 Å².